The van der Waals surface area contributed by atoms with E-state index >= 15 is 0 Å². The molecule has 0 unspecified atom stereocenters. The quantitative estimate of drug-likeness (QED) is 0.296. The average molecular weight is 590 g/mol. The van der Waals surface area contributed by atoms with Crippen molar-refractivity contribution in [3.05, 3.63) is 97.7 Å². The van der Waals surface area contributed by atoms with Gasteiger partial charge in [0.05, 0.1) is 22.9 Å². The summed E-state index contributed by atoms with van der Waals surface area (Å²) in [5.74, 6) is -3.20. The molecule has 1 N–H and O–H groups in total. The van der Waals surface area contributed by atoms with E-state index in [-0.39, 0.29) is 46.6 Å². The number of halogens is 1. The largest absolute Gasteiger partial charge is 0.507 e. The Bertz CT molecular complexity index is 1510. The lowest BCUT2D eigenvalue weighted by Crippen LogP contribution is -2.39. The number of para-hydroxylation sites is 1. The molecule has 6 rings (SSSR count). The number of aromatic hydroxyl groups is 1. The van der Waals surface area contributed by atoms with Crippen LogP contribution in [0.1, 0.15) is 34.8 Å². The molecular formula is C30H24BrNO5S. The summed E-state index contributed by atoms with van der Waals surface area (Å²) in [6, 6.07) is 9.18. The van der Waals surface area contributed by atoms with Crippen LogP contribution >= 0.6 is 27.3 Å². The van der Waals surface area contributed by atoms with Gasteiger partial charge in [-0.1, -0.05) is 42.0 Å². The fourth-order valence-electron chi connectivity index (χ4n) is 6.51. The molecule has 6 nitrogen and oxygen atoms in total. The monoisotopic (exact) mass is 589 g/mol. The van der Waals surface area contributed by atoms with E-state index in [4.69, 9.17) is 0 Å². The molecule has 2 aromatic rings. The summed E-state index contributed by atoms with van der Waals surface area (Å²) in [5, 5.41) is 13.2. The maximum absolute atomic E-state index is 13.8. The molecule has 4 aliphatic rings. The second-order valence-corrected chi connectivity index (χ2v) is 12.0. The lowest BCUT2D eigenvalue weighted by molar-refractivity contribution is -0.140. The molecule has 0 saturated carbocycles. The zero-order valence-corrected chi connectivity index (χ0v) is 22.8. The van der Waals surface area contributed by atoms with Gasteiger partial charge in [-0.15, -0.1) is 17.9 Å². The van der Waals surface area contributed by atoms with Gasteiger partial charge in [0, 0.05) is 33.6 Å². The topological polar surface area (TPSA) is 91.8 Å². The van der Waals surface area contributed by atoms with E-state index in [0.29, 0.717) is 35.1 Å². The molecule has 1 fully saturated rings. The highest BCUT2D eigenvalue weighted by molar-refractivity contribution is 9.12. The fraction of sp³-hybridized carbons (Fsp3) is 0.267. The van der Waals surface area contributed by atoms with Crippen LogP contribution in [0, 0.1) is 17.8 Å². The number of phenolic OH excluding ortho intramolecular Hbond substituents is 1. The van der Waals surface area contributed by atoms with E-state index in [9.17, 15) is 24.3 Å². The number of benzene rings is 1. The van der Waals surface area contributed by atoms with Gasteiger partial charge in [0.2, 0.25) is 11.8 Å². The Morgan fingerprint density at radius 3 is 2.66 bits per heavy atom. The number of imide groups is 1. The van der Waals surface area contributed by atoms with E-state index in [1.165, 1.54) is 22.3 Å². The summed E-state index contributed by atoms with van der Waals surface area (Å²) in [6.45, 7) is 4.00. The molecule has 3 aliphatic carbocycles. The second-order valence-electron chi connectivity index (χ2n) is 10.1. The Morgan fingerprint density at radius 2 is 1.92 bits per heavy atom. The Labute approximate surface area is 232 Å². The van der Waals surface area contributed by atoms with E-state index in [0.717, 1.165) is 10.5 Å². The van der Waals surface area contributed by atoms with E-state index in [1.807, 2.05) is 29.7 Å². The third kappa shape index (κ3) is 3.73. The van der Waals surface area contributed by atoms with Crippen LogP contribution in [0.25, 0.3) is 0 Å². The molecule has 2 amide bonds. The van der Waals surface area contributed by atoms with Crippen molar-refractivity contribution in [3.8, 4) is 5.75 Å². The van der Waals surface area contributed by atoms with Gasteiger partial charge in [-0.3, -0.25) is 24.1 Å². The summed E-state index contributed by atoms with van der Waals surface area (Å²) < 4.78 is 0.178. The molecule has 4 atom stereocenters. The zero-order valence-electron chi connectivity index (χ0n) is 20.4. The zero-order chi connectivity index (χ0) is 26.7. The predicted octanol–water partition coefficient (Wildman–Crippen LogP) is 5.14. The number of ketones is 2. The van der Waals surface area contributed by atoms with Gasteiger partial charge in [0.25, 0.3) is 0 Å². The number of nitrogens with zero attached hydrogens (tertiary/aromatic N) is 1. The van der Waals surface area contributed by atoms with Crippen molar-refractivity contribution in [1.82, 2.24) is 4.90 Å². The summed E-state index contributed by atoms with van der Waals surface area (Å²) in [6.07, 6.45) is 5.96. The number of allylic oxidation sites excluding steroid dienone is 7. The van der Waals surface area contributed by atoms with Gasteiger partial charge >= 0.3 is 0 Å². The number of phenols is 1. The number of fused-ring (bicyclic) bond motifs is 3. The molecule has 1 saturated heterocycles. The molecular weight excluding hydrogens is 566 g/mol. The highest BCUT2D eigenvalue weighted by Gasteiger charge is 2.56. The van der Waals surface area contributed by atoms with E-state index < -0.39 is 23.7 Å². The van der Waals surface area contributed by atoms with Crippen LogP contribution in [0.3, 0.4) is 0 Å². The first-order valence-corrected chi connectivity index (χ1v) is 14.2. The predicted molar refractivity (Wildman–Crippen MR) is 146 cm³/mol. The number of carbonyl (C=O) groups is 4. The maximum Gasteiger partial charge on any atom is 0.234 e. The number of hydrogen-bond acceptors (Lipinski definition) is 6. The van der Waals surface area contributed by atoms with Crippen molar-refractivity contribution in [2.45, 2.75) is 31.7 Å². The van der Waals surface area contributed by atoms with Crippen molar-refractivity contribution in [2.75, 3.05) is 0 Å². The molecule has 1 aromatic heterocycles. The third-order valence-electron chi connectivity index (χ3n) is 8.14. The van der Waals surface area contributed by atoms with Gasteiger partial charge in [-0.25, -0.2) is 0 Å². The van der Waals surface area contributed by atoms with Gasteiger partial charge in [0.15, 0.2) is 11.6 Å². The molecule has 0 bridgehead atoms. The Morgan fingerprint density at radius 1 is 1.11 bits per heavy atom. The normalized spacial score (nSPS) is 26.6. The smallest absolute Gasteiger partial charge is 0.234 e. The van der Waals surface area contributed by atoms with Crippen LogP contribution in [-0.4, -0.2) is 33.4 Å². The summed E-state index contributed by atoms with van der Waals surface area (Å²) in [4.78, 5) is 56.2. The molecule has 192 valence electrons. The summed E-state index contributed by atoms with van der Waals surface area (Å²) in [7, 11) is 0. The van der Waals surface area contributed by atoms with Gasteiger partial charge in [-0.05, 0) is 58.1 Å². The minimum absolute atomic E-state index is 0.0509. The molecule has 0 radical (unpaired) electrons. The molecule has 1 aliphatic heterocycles. The van der Waals surface area contributed by atoms with Crippen LogP contribution in [-0.2, 0) is 32.1 Å². The molecule has 0 spiro atoms. The van der Waals surface area contributed by atoms with Crippen LogP contribution in [0.4, 0.5) is 0 Å². The Balaban J connectivity index is 1.48. The third-order valence-corrected chi connectivity index (χ3v) is 9.59. The minimum Gasteiger partial charge on any atom is -0.507 e. The van der Waals surface area contributed by atoms with Crippen molar-refractivity contribution in [2.24, 2.45) is 17.8 Å². The Hall–Kier alpha value is -3.36. The van der Waals surface area contributed by atoms with E-state index in [1.54, 1.807) is 18.2 Å². The number of likely N-dealkylation sites (tertiary alicyclic amines) is 1. The molecule has 2 heterocycles. The Kier molecular flexibility index (Phi) is 6.19. The first kappa shape index (κ1) is 24.9. The van der Waals surface area contributed by atoms with Gasteiger partial charge in [0.1, 0.15) is 5.75 Å². The summed E-state index contributed by atoms with van der Waals surface area (Å²) in [5.41, 5.74) is 2.70. The molecule has 1 aromatic carbocycles. The number of amides is 2. The van der Waals surface area contributed by atoms with Crippen LogP contribution in [0.15, 0.2) is 81.7 Å². The SMILES string of the molecule is C=CCc1cccc([C@H]2C3=CC[C@@H]4C(=O)N(Cc5cccs5)C(=O)[C@@H]4[C@@H]3CC3=C2C(=O)C=C(Br)C3=O)c1O. The molecule has 38 heavy (non-hydrogen) atoms. The highest BCUT2D eigenvalue weighted by atomic mass is 79.9. The number of thiophene rings is 1. The van der Waals surface area contributed by atoms with Crippen molar-refractivity contribution in [1.29, 1.82) is 0 Å². The number of hydrogen-bond donors (Lipinski definition) is 1. The standard InChI is InChI=1S/C30H24BrNO5S/c1-2-5-15-6-3-8-18(27(15)34)24-17-9-10-19-25(30(37)32(29(19)36)14-16-7-4-11-38-16)20(17)12-21-26(24)23(33)13-22(31)28(21)35/h2-4,6-9,11,13,19-20,24-25,34H,1,5,10,12,14H2/t19-,20+,24+,25-/m0/s1. The fourth-order valence-corrected chi connectivity index (χ4v) is 7.65. The minimum atomic E-state index is -0.683. The number of rotatable bonds is 5. The van der Waals surface area contributed by atoms with Gasteiger partial charge < -0.3 is 5.11 Å². The van der Waals surface area contributed by atoms with Crippen LogP contribution in [0.2, 0.25) is 0 Å². The van der Waals surface area contributed by atoms with Gasteiger partial charge in [-0.2, -0.15) is 0 Å². The van der Waals surface area contributed by atoms with Crippen molar-refractivity contribution in [3.63, 3.8) is 0 Å². The van der Waals surface area contributed by atoms with Crippen LogP contribution < -0.4 is 0 Å². The van der Waals surface area contributed by atoms with E-state index in [2.05, 4.69) is 22.5 Å². The van der Waals surface area contributed by atoms with Crippen molar-refractivity contribution >= 4 is 50.6 Å². The lowest BCUT2D eigenvalue weighted by atomic mass is 9.59. The first-order chi connectivity index (χ1) is 18.3. The van der Waals surface area contributed by atoms with Crippen LogP contribution in [0.5, 0.6) is 5.75 Å². The first-order valence-electron chi connectivity index (χ1n) is 12.5. The average Bonchev–Trinajstić information content (AvgIpc) is 3.50. The number of Topliss-reactive ketones (excluding diaryl/α,β-unsaturated/α-hetero) is 1. The van der Waals surface area contributed by atoms with Crippen molar-refractivity contribution < 1.29 is 24.3 Å². The highest BCUT2D eigenvalue weighted by Crippen LogP contribution is 2.56. The lowest BCUT2D eigenvalue weighted by Gasteiger charge is -2.42. The summed E-state index contributed by atoms with van der Waals surface area (Å²) >= 11 is 4.74. The second kappa shape index (κ2) is 9.43. The maximum atomic E-state index is 13.8. The number of carbonyl (C=O) groups excluding carboxylic acids is 4. The molecule has 8 heteroatoms.